The molecule has 0 heterocycles. The minimum Gasteiger partial charge on any atom is -0.493 e. The Kier molecular flexibility index (Phi) is 10.2. The van der Waals surface area contributed by atoms with Gasteiger partial charge in [0, 0.05) is 25.4 Å². The van der Waals surface area contributed by atoms with Crippen LogP contribution in [0.15, 0.2) is 18.2 Å². The van der Waals surface area contributed by atoms with Crippen LogP contribution in [0.4, 0.5) is 18.9 Å². The quantitative estimate of drug-likeness (QED) is 0.651. The van der Waals surface area contributed by atoms with E-state index >= 15 is 0 Å². The van der Waals surface area contributed by atoms with Crippen molar-refractivity contribution in [3.05, 3.63) is 18.2 Å². The van der Waals surface area contributed by atoms with Gasteiger partial charge < -0.3 is 24.8 Å². The van der Waals surface area contributed by atoms with E-state index in [9.17, 15) is 18.0 Å². The fraction of sp³-hybridized carbons (Fsp3) is 0.500. The van der Waals surface area contributed by atoms with Crippen molar-refractivity contribution >= 4 is 24.0 Å². The van der Waals surface area contributed by atoms with Gasteiger partial charge in [-0.25, -0.2) is 0 Å². The summed E-state index contributed by atoms with van der Waals surface area (Å²) in [7, 11) is 2.86. The molecule has 1 aromatic carbocycles. The highest BCUT2D eigenvalue weighted by Gasteiger charge is 2.29. The van der Waals surface area contributed by atoms with Crippen LogP contribution in [-0.4, -0.2) is 52.6 Å². The number of hydrogen-bond acceptors (Lipinski definition) is 5. The average Bonchev–Trinajstić information content (AvgIpc) is 2.49. The molecule has 0 aliphatic heterocycles. The SMILES string of the molecule is COCCNCC(=O)Nc1ccc(OC)c(OCC(F)(F)F)c1.Cl. The number of rotatable bonds is 9. The molecule has 10 heteroatoms. The van der Waals surface area contributed by atoms with E-state index in [4.69, 9.17) is 14.2 Å². The van der Waals surface area contributed by atoms with E-state index in [-0.39, 0.29) is 36.4 Å². The minimum atomic E-state index is -4.46. The number of ether oxygens (including phenoxy) is 3. The lowest BCUT2D eigenvalue weighted by molar-refractivity contribution is -0.153. The molecule has 0 radical (unpaired) electrons. The molecule has 0 unspecified atom stereocenters. The lowest BCUT2D eigenvalue weighted by atomic mass is 10.2. The first-order valence-corrected chi connectivity index (χ1v) is 6.73. The predicted molar refractivity (Wildman–Crippen MR) is 85.2 cm³/mol. The van der Waals surface area contributed by atoms with Crippen molar-refractivity contribution in [1.29, 1.82) is 0 Å². The summed E-state index contributed by atoms with van der Waals surface area (Å²) >= 11 is 0. The van der Waals surface area contributed by atoms with Gasteiger partial charge in [-0.15, -0.1) is 12.4 Å². The zero-order valence-corrected chi connectivity index (χ0v) is 14.1. The van der Waals surface area contributed by atoms with Gasteiger partial charge in [-0.2, -0.15) is 13.2 Å². The summed E-state index contributed by atoms with van der Waals surface area (Å²) in [5, 5.41) is 5.40. The molecule has 6 nitrogen and oxygen atoms in total. The van der Waals surface area contributed by atoms with Gasteiger partial charge in [0.25, 0.3) is 0 Å². The summed E-state index contributed by atoms with van der Waals surface area (Å²) < 4.78 is 51.2. The molecule has 1 aromatic rings. The third kappa shape index (κ3) is 8.80. The Labute approximate surface area is 144 Å². The van der Waals surface area contributed by atoms with Crippen molar-refractivity contribution < 1.29 is 32.2 Å². The first-order chi connectivity index (χ1) is 10.9. The molecule has 0 fully saturated rings. The van der Waals surface area contributed by atoms with E-state index in [1.165, 1.54) is 25.3 Å². The Morgan fingerprint density at radius 1 is 1.21 bits per heavy atom. The molecule has 2 N–H and O–H groups in total. The number of methoxy groups -OCH3 is 2. The van der Waals surface area contributed by atoms with E-state index in [2.05, 4.69) is 10.6 Å². The maximum Gasteiger partial charge on any atom is 0.422 e. The highest BCUT2D eigenvalue weighted by Crippen LogP contribution is 2.31. The standard InChI is InChI=1S/C14H19F3N2O4.ClH/c1-21-6-5-18-8-13(20)19-10-3-4-11(22-2)12(7-10)23-9-14(15,16)17;/h3-4,7,18H,5-6,8-9H2,1-2H3,(H,19,20);1H. The second-order valence-corrected chi connectivity index (χ2v) is 4.49. The molecule has 138 valence electrons. The number of alkyl halides is 3. The topological polar surface area (TPSA) is 68.8 Å². The maximum absolute atomic E-state index is 12.2. The number of carbonyl (C=O) groups is 1. The van der Waals surface area contributed by atoms with Crippen LogP contribution in [0, 0.1) is 0 Å². The van der Waals surface area contributed by atoms with E-state index in [1.54, 1.807) is 7.11 Å². The third-order valence-electron chi connectivity index (χ3n) is 2.61. The average molecular weight is 373 g/mol. The Bertz CT molecular complexity index is 515. The van der Waals surface area contributed by atoms with E-state index in [0.717, 1.165) is 0 Å². The van der Waals surface area contributed by atoms with Gasteiger partial charge in [0.1, 0.15) is 0 Å². The van der Waals surface area contributed by atoms with Crippen LogP contribution < -0.4 is 20.1 Å². The zero-order valence-electron chi connectivity index (χ0n) is 13.2. The number of amides is 1. The van der Waals surface area contributed by atoms with Crippen molar-refractivity contribution in [1.82, 2.24) is 5.32 Å². The lowest BCUT2D eigenvalue weighted by Gasteiger charge is -2.14. The number of carbonyl (C=O) groups excluding carboxylic acids is 1. The van der Waals surface area contributed by atoms with Gasteiger partial charge >= 0.3 is 6.18 Å². The Hall–Kier alpha value is -1.71. The Morgan fingerprint density at radius 2 is 1.92 bits per heavy atom. The van der Waals surface area contributed by atoms with Crippen molar-refractivity contribution in [2.24, 2.45) is 0 Å². The molecular weight excluding hydrogens is 353 g/mol. The number of nitrogens with one attached hydrogen (secondary N) is 2. The molecule has 0 saturated heterocycles. The summed E-state index contributed by atoms with van der Waals surface area (Å²) in [6.07, 6.45) is -4.46. The monoisotopic (exact) mass is 372 g/mol. The fourth-order valence-corrected chi connectivity index (χ4v) is 1.61. The largest absolute Gasteiger partial charge is 0.493 e. The third-order valence-corrected chi connectivity index (χ3v) is 2.61. The first-order valence-electron chi connectivity index (χ1n) is 6.73. The van der Waals surface area contributed by atoms with Crippen molar-refractivity contribution in [2.75, 3.05) is 45.8 Å². The van der Waals surface area contributed by atoms with Crippen LogP contribution in [0.25, 0.3) is 0 Å². The van der Waals surface area contributed by atoms with E-state index in [1.807, 2.05) is 0 Å². The summed E-state index contributed by atoms with van der Waals surface area (Å²) in [6.45, 7) is -0.425. The van der Waals surface area contributed by atoms with Crippen LogP contribution in [0.5, 0.6) is 11.5 Å². The van der Waals surface area contributed by atoms with Gasteiger partial charge in [-0.05, 0) is 12.1 Å². The van der Waals surface area contributed by atoms with Gasteiger partial charge in [-0.1, -0.05) is 0 Å². The molecule has 1 amide bonds. The van der Waals surface area contributed by atoms with Crippen molar-refractivity contribution in [3.8, 4) is 11.5 Å². The first kappa shape index (κ1) is 22.3. The molecule has 24 heavy (non-hydrogen) atoms. The van der Waals surface area contributed by atoms with E-state index < -0.39 is 12.8 Å². The maximum atomic E-state index is 12.2. The highest BCUT2D eigenvalue weighted by molar-refractivity contribution is 5.92. The summed E-state index contributed by atoms with van der Waals surface area (Å²) in [4.78, 5) is 11.7. The summed E-state index contributed by atoms with van der Waals surface area (Å²) in [6, 6.07) is 4.20. The van der Waals surface area contributed by atoms with Crippen LogP contribution in [0.2, 0.25) is 0 Å². The molecule has 1 rings (SSSR count). The van der Waals surface area contributed by atoms with Crippen LogP contribution in [0.1, 0.15) is 0 Å². The Morgan fingerprint density at radius 3 is 2.50 bits per heavy atom. The van der Waals surface area contributed by atoms with Gasteiger partial charge in [0.15, 0.2) is 18.1 Å². The molecule has 0 aromatic heterocycles. The molecule has 0 saturated carbocycles. The molecular formula is C14H20ClF3N2O4. The zero-order chi connectivity index (χ0) is 17.3. The molecule has 0 aliphatic carbocycles. The number of anilines is 1. The van der Waals surface area contributed by atoms with Gasteiger partial charge in [-0.3, -0.25) is 4.79 Å². The van der Waals surface area contributed by atoms with Crippen LogP contribution in [0.3, 0.4) is 0 Å². The minimum absolute atomic E-state index is 0. The number of benzene rings is 1. The number of hydrogen-bond donors (Lipinski definition) is 2. The molecule has 0 bridgehead atoms. The lowest BCUT2D eigenvalue weighted by Crippen LogP contribution is -2.30. The second-order valence-electron chi connectivity index (χ2n) is 4.49. The Balaban J connectivity index is 0.00000529. The van der Waals surface area contributed by atoms with Crippen molar-refractivity contribution in [2.45, 2.75) is 6.18 Å². The number of halogens is 4. The smallest absolute Gasteiger partial charge is 0.422 e. The van der Waals surface area contributed by atoms with Gasteiger partial charge in [0.05, 0.1) is 20.3 Å². The van der Waals surface area contributed by atoms with E-state index in [0.29, 0.717) is 18.8 Å². The predicted octanol–water partition coefficient (Wildman–Crippen LogP) is 2.23. The molecule has 0 atom stereocenters. The van der Waals surface area contributed by atoms with Crippen molar-refractivity contribution in [3.63, 3.8) is 0 Å². The van der Waals surface area contributed by atoms with Gasteiger partial charge in [0.2, 0.25) is 5.91 Å². The fourth-order valence-electron chi connectivity index (χ4n) is 1.61. The normalized spacial score (nSPS) is 10.7. The molecule has 0 spiro atoms. The van der Waals surface area contributed by atoms with Crippen LogP contribution >= 0.6 is 12.4 Å². The van der Waals surface area contributed by atoms with Crippen LogP contribution in [-0.2, 0) is 9.53 Å². The molecule has 0 aliphatic rings. The second kappa shape index (κ2) is 11.0. The summed E-state index contributed by atoms with van der Waals surface area (Å²) in [5.74, 6) is -0.298. The highest BCUT2D eigenvalue weighted by atomic mass is 35.5. The summed E-state index contributed by atoms with van der Waals surface area (Å²) in [5.41, 5.74) is 0.307.